The van der Waals surface area contributed by atoms with Gasteiger partial charge in [-0.25, -0.2) is 0 Å². The Morgan fingerprint density at radius 2 is 0.608 bits per heavy atom. The van der Waals surface area contributed by atoms with Gasteiger partial charge >= 0.3 is 11.9 Å². The Morgan fingerprint density at radius 1 is 0.311 bits per heavy atom. The Kier molecular flexibility index (Phi) is 62.3. The van der Waals surface area contributed by atoms with Gasteiger partial charge in [0.25, 0.3) is 0 Å². The van der Waals surface area contributed by atoms with Crippen LogP contribution in [0.3, 0.4) is 0 Å². The van der Waals surface area contributed by atoms with Crippen LogP contribution in [0.5, 0.6) is 0 Å². The predicted octanol–water partition coefficient (Wildman–Crippen LogP) is 22.6. The number of esters is 2. The fourth-order valence-corrected chi connectivity index (χ4v) is 9.42. The van der Waals surface area contributed by atoms with E-state index in [-0.39, 0.29) is 25.2 Å². The van der Waals surface area contributed by atoms with E-state index in [0.29, 0.717) is 19.4 Å². The van der Waals surface area contributed by atoms with Crippen LogP contribution in [0.15, 0.2) is 72.9 Å². The van der Waals surface area contributed by atoms with Crippen LogP contribution in [0.25, 0.3) is 0 Å². The molecule has 0 radical (unpaired) electrons. The van der Waals surface area contributed by atoms with Crippen LogP contribution in [-0.4, -0.2) is 37.9 Å². The summed E-state index contributed by atoms with van der Waals surface area (Å²) in [5, 5.41) is 0. The van der Waals surface area contributed by atoms with Crippen molar-refractivity contribution in [3.05, 3.63) is 72.9 Å². The zero-order chi connectivity index (χ0) is 53.4. The molecule has 1 unspecified atom stereocenters. The van der Waals surface area contributed by atoms with Crippen molar-refractivity contribution in [2.75, 3.05) is 19.8 Å². The van der Waals surface area contributed by atoms with E-state index in [2.05, 4.69) is 93.7 Å². The Balaban J connectivity index is 4.28. The second kappa shape index (κ2) is 64.6. The molecular weight excluding hydrogens is 909 g/mol. The first-order valence-corrected chi connectivity index (χ1v) is 32.5. The fraction of sp³-hybridized carbons (Fsp3) is 0.797. The molecule has 0 aromatic carbocycles. The number of hydrogen-bond donors (Lipinski definition) is 0. The van der Waals surface area contributed by atoms with E-state index in [0.717, 1.165) is 83.5 Å². The molecule has 0 heterocycles. The topological polar surface area (TPSA) is 61.8 Å². The lowest BCUT2D eigenvalue weighted by Gasteiger charge is -2.18. The minimum atomic E-state index is -0.546. The molecular formula is C69H124O5. The van der Waals surface area contributed by atoms with Crippen LogP contribution in [0.4, 0.5) is 0 Å². The van der Waals surface area contributed by atoms with Crippen molar-refractivity contribution >= 4 is 11.9 Å². The van der Waals surface area contributed by atoms with E-state index in [1.807, 2.05) is 0 Å². The molecule has 0 saturated heterocycles. The average molecular weight is 1030 g/mol. The molecule has 5 nitrogen and oxygen atoms in total. The summed E-state index contributed by atoms with van der Waals surface area (Å²) in [6, 6.07) is 0. The molecule has 0 aliphatic carbocycles. The lowest BCUT2D eigenvalue weighted by molar-refractivity contribution is -0.163. The Bertz CT molecular complexity index is 1310. The molecule has 0 saturated carbocycles. The Morgan fingerprint density at radius 3 is 1.00 bits per heavy atom. The van der Waals surface area contributed by atoms with Crippen molar-refractivity contribution in [3.63, 3.8) is 0 Å². The van der Waals surface area contributed by atoms with E-state index >= 15 is 0 Å². The second-order valence-corrected chi connectivity index (χ2v) is 21.6. The number of rotatable bonds is 60. The molecule has 0 aliphatic heterocycles. The van der Waals surface area contributed by atoms with E-state index in [1.54, 1.807) is 0 Å². The van der Waals surface area contributed by atoms with Gasteiger partial charge in [-0.15, -0.1) is 0 Å². The second-order valence-electron chi connectivity index (χ2n) is 21.6. The van der Waals surface area contributed by atoms with Gasteiger partial charge in [-0.1, -0.05) is 299 Å². The molecule has 74 heavy (non-hydrogen) atoms. The van der Waals surface area contributed by atoms with Crippen LogP contribution < -0.4 is 0 Å². The van der Waals surface area contributed by atoms with Gasteiger partial charge in [-0.3, -0.25) is 9.59 Å². The highest BCUT2D eigenvalue weighted by atomic mass is 16.6. The van der Waals surface area contributed by atoms with Crippen molar-refractivity contribution in [1.29, 1.82) is 0 Å². The summed E-state index contributed by atoms with van der Waals surface area (Å²) in [7, 11) is 0. The van der Waals surface area contributed by atoms with Gasteiger partial charge < -0.3 is 14.2 Å². The highest BCUT2D eigenvalue weighted by molar-refractivity contribution is 5.70. The van der Waals surface area contributed by atoms with Crippen LogP contribution in [-0.2, 0) is 23.8 Å². The number of unbranched alkanes of at least 4 members (excludes halogenated alkanes) is 37. The van der Waals surface area contributed by atoms with Crippen molar-refractivity contribution in [2.45, 2.75) is 335 Å². The lowest BCUT2D eigenvalue weighted by Crippen LogP contribution is -2.30. The van der Waals surface area contributed by atoms with E-state index in [1.165, 1.54) is 212 Å². The van der Waals surface area contributed by atoms with Crippen LogP contribution in [0.1, 0.15) is 329 Å². The van der Waals surface area contributed by atoms with E-state index in [9.17, 15) is 9.59 Å². The zero-order valence-electron chi connectivity index (χ0n) is 49.6. The monoisotopic (exact) mass is 1030 g/mol. The summed E-state index contributed by atoms with van der Waals surface area (Å²) in [5.41, 5.74) is 0. The quantitative estimate of drug-likeness (QED) is 0.0345. The molecule has 0 N–H and O–H groups in total. The maximum absolute atomic E-state index is 12.9. The third-order valence-electron chi connectivity index (χ3n) is 14.2. The van der Waals surface area contributed by atoms with Gasteiger partial charge in [0.15, 0.2) is 6.10 Å². The molecule has 0 fully saturated rings. The normalized spacial score (nSPS) is 12.6. The first-order chi connectivity index (χ1) is 36.6. The Hall–Kier alpha value is -2.66. The Labute approximate surface area is 461 Å². The summed E-state index contributed by atoms with van der Waals surface area (Å²) < 4.78 is 17.6. The maximum Gasteiger partial charge on any atom is 0.306 e. The van der Waals surface area contributed by atoms with Gasteiger partial charge in [0.05, 0.1) is 6.61 Å². The first-order valence-electron chi connectivity index (χ1n) is 32.5. The minimum absolute atomic E-state index is 0.0780. The van der Waals surface area contributed by atoms with Crippen molar-refractivity contribution < 1.29 is 23.8 Å². The van der Waals surface area contributed by atoms with Crippen LogP contribution in [0.2, 0.25) is 0 Å². The molecule has 0 amide bonds. The third kappa shape index (κ3) is 61.9. The summed E-state index contributed by atoms with van der Waals surface area (Å²) in [4.78, 5) is 25.7. The van der Waals surface area contributed by atoms with Gasteiger partial charge in [0, 0.05) is 19.4 Å². The first kappa shape index (κ1) is 71.3. The van der Waals surface area contributed by atoms with Gasteiger partial charge in [0.2, 0.25) is 0 Å². The van der Waals surface area contributed by atoms with Crippen molar-refractivity contribution in [2.24, 2.45) is 0 Å². The summed E-state index contributed by atoms with van der Waals surface area (Å²) in [6.45, 7) is 7.73. The number of allylic oxidation sites excluding steroid dienone is 12. The molecule has 0 aromatic rings. The molecule has 5 heteroatoms. The molecule has 0 rings (SSSR count). The molecule has 0 aromatic heterocycles. The summed E-state index contributed by atoms with van der Waals surface area (Å²) in [6.07, 6.45) is 85.1. The van der Waals surface area contributed by atoms with Crippen molar-refractivity contribution in [3.8, 4) is 0 Å². The minimum Gasteiger partial charge on any atom is -0.462 e. The molecule has 1 atom stereocenters. The molecule has 0 spiro atoms. The third-order valence-corrected chi connectivity index (χ3v) is 14.2. The van der Waals surface area contributed by atoms with E-state index in [4.69, 9.17) is 14.2 Å². The SMILES string of the molecule is CC/C=C\C/C=C\C/C=C\C/C=C\CCCCCCCCC(=O)OCC(COCCCCCCCCCCCC/C=C\C/C=C\CCCCC)OC(=O)CCCCCCCCCCCCCCCCCCCCC. The maximum atomic E-state index is 12.9. The van der Waals surface area contributed by atoms with Crippen molar-refractivity contribution in [1.82, 2.24) is 0 Å². The van der Waals surface area contributed by atoms with Gasteiger partial charge in [0.1, 0.15) is 6.61 Å². The molecule has 0 bridgehead atoms. The number of carbonyl (C=O) groups is 2. The standard InChI is InChI=1S/C69H124O5/c1-4-7-10-13-16-19-22-25-28-31-34-37-40-43-46-49-52-55-58-61-64-72-65-67(74-69(71)63-60-57-54-51-48-45-42-39-36-33-30-27-24-21-18-15-12-9-6-3)66-73-68(70)62-59-56-53-50-47-44-41-38-35-32-29-26-23-20-17-14-11-8-5-2/h8,11,16-17,19-20,25-26,28-29,35,38,67H,4-7,9-10,12-15,18,21-24,27,30-34,36-37,39-66H2,1-3H3/b11-8-,19-16-,20-17-,28-25-,29-26-,38-35-. The zero-order valence-corrected chi connectivity index (χ0v) is 49.6. The summed E-state index contributed by atoms with van der Waals surface area (Å²) >= 11 is 0. The average Bonchev–Trinajstić information content (AvgIpc) is 3.40. The largest absolute Gasteiger partial charge is 0.462 e. The molecule has 430 valence electrons. The van der Waals surface area contributed by atoms with Gasteiger partial charge in [-0.2, -0.15) is 0 Å². The van der Waals surface area contributed by atoms with Crippen LogP contribution >= 0.6 is 0 Å². The van der Waals surface area contributed by atoms with Crippen LogP contribution in [0, 0.1) is 0 Å². The van der Waals surface area contributed by atoms with Gasteiger partial charge in [-0.05, 0) is 89.9 Å². The number of carbonyl (C=O) groups excluding carboxylic acids is 2. The fourth-order valence-electron chi connectivity index (χ4n) is 9.42. The predicted molar refractivity (Wildman–Crippen MR) is 325 cm³/mol. The number of hydrogen-bond acceptors (Lipinski definition) is 5. The number of ether oxygens (including phenoxy) is 3. The van der Waals surface area contributed by atoms with E-state index < -0.39 is 6.10 Å². The summed E-state index contributed by atoms with van der Waals surface area (Å²) in [5.74, 6) is -0.398. The highest BCUT2D eigenvalue weighted by Crippen LogP contribution is 2.17. The molecule has 0 aliphatic rings. The smallest absolute Gasteiger partial charge is 0.306 e. The lowest BCUT2D eigenvalue weighted by atomic mass is 10.0. The highest BCUT2D eigenvalue weighted by Gasteiger charge is 2.18.